The molecule has 1 amide bonds. The molecule has 1 aromatic rings. The number of carbonyl (C=O) groups is 1. The number of halogens is 1. The summed E-state index contributed by atoms with van der Waals surface area (Å²) < 4.78 is 0. The zero-order valence-electron chi connectivity index (χ0n) is 14.5. The molecular weight excluding hydrogens is 324 g/mol. The van der Waals surface area contributed by atoms with Crippen molar-refractivity contribution in [2.45, 2.75) is 49.7 Å². The Balaban J connectivity index is 1.89. The highest BCUT2D eigenvalue weighted by Crippen LogP contribution is 2.42. The molecule has 2 atom stereocenters. The van der Waals surface area contributed by atoms with Crippen molar-refractivity contribution in [1.82, 2.24) is 9.80 Å². The van der Waals surface area contributed by atoms with E-state index in [0.29, 0.717) is 18.1 Å². The topological polar surface area (TPSA) is 43.8 Å². The van der Waals surface area contributed by atoms with Crippen molar-refractivity contribution in [2.75, 3.05) is 27.2 Å². The predicted octanol–water partition coefficient (Wildman–Crippen LogP) is 2.68. The summed E-state index contributed by atoms with van der Waals surface area (Å²) >= 11 is 6.04. The molecule has 4 nitrogen and oxygen atoms in total. The molecule has 0 bridgehead atoms. The third-order valence-electron chi connectivity index (χ3n) is 5.72. The molecule has 0 aromatic heterocycles. The second kappa shape index (κ2) is 7.03. The summed E-state index contributed by atoms with van der Waals surface area (Å²) in [5.41, 5.74) is 0.614. The molecule has 1 aliphatic heterocycles. The molecule has 0 radical (unpaired) electrons. The van der Waals surface area contributed by atoms with E-state index in [4.69, 9.17) is 11.6 Å². The SMILES string of the molecule is CN(C)[C@H]1CN(C(=O)C2(c3ccc(Cl)cc3)CCCCC2)C[C@@H]1O. The number of likely N-dealkylation sites (tertiary alicyclic amines) is 1. The Hall–Kier alpha value is -1.10. The maximum Gasteiger partial charge on any atom is 0.233 e. The zero-order valence-corrected chi connectivity index (χ0v) is 15.3. The van der Waals surface area contributed by atoms with Gasteiger partial charge in [-0.3, -0.25) is 4.79 Å². The second-order valence-electron chi connectivity index (χ2n) is 7.46. The number of amides is 1. The van der Waals surface area contributed by atoms with Crippen LogP contribution in [0.3, 0.4) is 0 Å². The van der Waals surface area contributed by atoms with E-state index >= 15 is 0 Å². The molecule has 3 rings (SSSR count). The molecule has 5 heteroatoms. The maximum absolute atomic E-state index is 13.5. The highest BCUT2D eigenvalue weighted by Gasteiger charge is 2.46. The first-order valence-electron chi connectivity index (χ1n) is 8.84. The van der Waals surface area contributed by atoms with Gasteiger partial charge < -0.3 is 14.9 Å². The fraction of sp³-hybridized carbons (Fsp3) is 0.632. The summed E-state index contributed by atoms with van der Waals surface area (Å²) in [7, 11) is 3.91. The van der Waals surface area contributed by atoms with Gasteiger partial charge in [0.05, 0.1) is 17.6 Å². The van der Waals surface area contributed by atoms with Crippen molar-refractivity contribution in [2.24, 2.45) is 0 Å². The quantitative estimate of drug-likeness (QED) is 0.911. The van der Waals surface area contributed by atoms with Gasteiger partial charge in [0.2, 0.25) is 5.91 Å². The van der Waals surface area contributed by atoms with E-state index in [9.17, 15) is 9.90 Å². The molecule has 1 N–H and O–H groups in total. The molecular formula is C19H27ClN2O2. The van der Waals surface area contributed by atoms with Gasteiger partial charge in [0.15, 0.2) is 0 Å². The lowest BCUT2D eigenvalue weighted by Crippen LogP contribution is -2.48. The molecule has 2 fully saturated rings. The van der Waals surface area contributed by atoms with Crippen LogP contribution in [0, 0.1) is 0 Å². The number of hydrogen-bond acceptors (Lipinski definition) is 3. The van der Waals surface area contributed by atoms with Crippen molar-refractivity contribution >= 4 is 17.5 Å². The first-order chi connectivity index (χ1) is 11.4. The summed E-state index contributed by atoms with van der Waals surface area (Å²) in [6.07, 6.45) is 4.61. The maximum atomic E-state index is 13.5. The van der Waals surface area contributed by atoms with E-state index < -0.39 is 11.5 Å². The van der Waals surface area contributed by atoms with Crippen molar-refractivity contribution < 1.29 is 9.90 Å². The molecule has 2 aliphatic rings. The number of benzene rings is 1. The van der Waals surface area contributed by atoms with Crippen LogP contribution in [-0.2, 0) is 10.2 Å². The van der Waals surface area contributed by atoms with Crippen LogP contribution in [0.5, 0.6) is 0 Å². The second-order valence-corrected chi connectivity index (χ2v) is 7.89. The average molecular weight is 351 g/mol. The predicted molar refractivity (Wildman–Crippen MR) is 96.3 cm³/mol. The minimum absolute atomic E-state index is 0.0137. The molecule has 132 valence electrons. The van der Waals surface area contributed by atoms with E-state index in [2.05, 4.69) is 0 Å². The Labute approximate surface area is 149 Å². The molecule has 1 aromatic carbocycles. The summed E-state index contributed by atoms with van der Waals surface area (Å²) in [6, 6.07) is 7.77. The number of aliphatic hydroxyl groups is 1. The first kappa shape index (κ1) is 17.7. The number of β-amino-alcohol motifs (C(OH)–C–C–N with tert-alkyl or cyclic N) is 1. The summed E-state index contributed by atoms with van der Waals surface area (Å²) in [4.78, 5) is 17.4. The van der Waals surface area contributed by atoms with Crippen LogP contribution in [0.2, 0.25) is 5.02 Å². The fourth-order valence-corrected chi connectivity index (χ4v) is 4.42. The Morgan fingerprint density at radius 2 is 1.79 bits per heavy atom. The number of likely N-dealkylation sites (N-methyl/N-ethyl adjacent to an activating group) is 1. The van der Waals surface area contributed by atoms with E-state index in [0.717, 1.165) is 31.2 Å². The van der Waals surface area contributed by atoms with E-state index in [1.165, 1.54) is 6.42 Å². The van der Waals surface area contributed by atoms with Crippen LogP contribution < -0.4 is 0 Å². The van der Waals surface area contributed by atoms with E-state index in [1.54, 1.807) is 0 Å². The molecule has 1 saturated heterocycles. The summed E-state index contributed by atoms with van der Waals surface area (Å²) in [5, 5.41) is 11.0. The number of rotatable bonds is 3. The Morgan fingerprint density at radius 3 is 2.33 bits per heavy atom. The van der Waals surface area contributed by atoms with Crippen LogP contribution in [0.1, 0.15) is 37.7 Å². The minimum Gasteiger partial charge on any atom is -0.390 e. The third kappa shape index (κ3) is 3.19. The van der Waals surface area contributed by atoms with Gasteiger partial charge in [-0.25, -0.2) is 0 Å². The Morgan fingerprint density at radius 1 is 1.17 bits per heavy atom. The van der Waals surface area contributed by atoms with Gasteiger partial charge in [-0.15, -0.1) is 0 Å². The fourth-order valence-electron chi connectivity index (χ4n) is 4.30. The summed E-state index contributed by atoms with van der Waals surface area (Å²) in [5.74, 6) is 0.174. The zero-order chi connectivity index (χ0) is 17.3. The van der Waals surface area contributed by atoms with Crippen LogP contribution in [-0.4, -0.2) is 60.1 Å². The smallest absolute Gasteiger partial charge is 0.233 e. The van der Waals surface area contributed by atoms with Gasteiger partial charge >= 0.3 is 0 Å². The number of nitrogens with zero attached hydrogens (tertiary/aromatic N) is 2. The van der Waals surface area contributed by atoms with Crippen LogP contribution in [0.4, 0.5) is 0 Å². The molecule has 1 saturated carbocycles. The number of hydrogen-bond donors (Lipinski definition) is 1. The summed E-state index contributed by atoms with van der Waals surface area (Å²) in [6.45, 7) is 1.03. The largest absolute Gasteiger partial charge is 0.390 e. The van der Waals surface area contributed by atoms with Gasteiger partial charge in [0.1, 0.15) is 0 Å². The normalized spacial score (nSPS) is 26.8. The standard InChI is InChI=1S/C19H27ClN2O2/c1-21(2)16-12-22(13-17(16)23)18(24)19(10-4-3-5-11-19)14-6-8-15(20)9-7-14/h6-9,16-17,23H,3-5,10-13H2,1-2H3/t16-,17-/m0/s1. The highest BCUT2D eigenvalue weighted by molar-refractivity contribution is 6.30. The van der Waals surface area contributed by atoms with Crippen molar-refractivity contribution in [3.63, 3.8) is 0 Å². The van der Waals surface area contributed by atoms with Crippen molar-refractivity contribution in [3.05, 3.63) is 34.9 Å². The number of carbonyl (C=O) groups excluding carboxylic acids is 1. The molecule has 0 spiro atoms. The monoisotopic (exact) mass is 350 g/mol. The van der Waals surface area contributed by atoms with Crippen LogP contribution in [0.25, 0.3) is 0 Å². The highest BCUT2D eigenvalue weighted by atomic mass is 35.5. The van der Waals surface area contributed by atoms with Crippen LogP contribution in [0.15, 0.2) is 24.3 Å². The van der Waals surface area contributed by atoms with Gasteiger partial charge in [-0.1, -0.05) is 43.0 Å². The Kier molecular flexibility index (Phi) is 5.19. The first-order valence-corrected chi connectivity index (χ1v) is 9.22. The van der Waals surface area contributed by atoms with E-state index in [1.807, 2.05) is 48.2 Å². The molecule has 0 unspecified atom stereocenters. The van der Waals surface area contributed by atoms with Crippen LogP contribution >= 0.6 is 11.6 Å². The third-order valence-corrected chi connectivity index (χ3v) is 5.97. The van der Waals surface area contributed by atoms with Gasteiger partial charge in [-0.05, 0) is 44.6 Å². The van der Waals surface area contributed by atoms with Gasteiger partial charge in [0, 0.05) is 18.1 Å². The van der Waals surface area contributed by atoms with E-state index in [-0.39, 0.29) is 11.9 Å². The van der Waals surface area contributed by atoms with Crippen molar-refractivity contribution in [1.29, 1.82) is 0 Å². The lowest BCUT2D eigenvalue weighted by Gasteiger charge is -2.39. The average Bonchev–Trinajstić information content (AvgIpc) is 2.97. The van der Waals surface area contributed by atoms with Gasteiger partial charge in [-0.2, -0.15) is 0 Å². The lowest BCUT2D eigenvalue weighted by atomic mass is 9.68. The number of aliphatic hydroxyl groups excluding tert-OH is 1. The Bertz CT molecular complexity index is 582. The van der Waals surface area contributed by atoms with Crippen molar-refractivity contribution in [3.8, 4) is 0 Å². The molecule has 24 heavy (non-hydrogen) atoms. The molecule has 1 heterocycles. The van der Waals surface area contributed by atoms with Gasteiger partial charge in [0.25, 0.3) is 0 Å². The lowest BCUT2D eigenvalue weighted by molar-refractivity contribution is -0.138. The minimum atomic E-state index is -0.477. The molecule has 1 aliphatic carbocycles.